The maximum absolute atomic E-state index is 13.9. The first-order valence-corrected chi connectivity index (χ1v) is 12.1. The van der Waals surface area contributed by atoms with Crippen molar-refractivity contribution in [1.29, 1.82) is 5.26 Å². The standard InChI is InChI=1S/C31H23FN2O5/c1-19(36-27-13-6-5-12-26(27)32)31(35)38-23-14-15-24-28(17-23)39-30(34)25(18-33)29(24)20-8-7-11-22(16-20)37-21-9-3-2-4-10-21/h2-17,19,29H,34H2,1H3. The molecule has 7 nitrogen and oxygen atoms in total. The minimum atomic E-state index is -1.07. The lowest BCUT2D eigenvalue weighted by Gasteiger charge is -2.27. The van der Waals surface area contributed by atoms with Gasteiger partial charge in [0.25, 0.3) is 0 Å². The number of fused-ring (bicyclic) bond motifs is 1. The van der Waals surface area contributed by atoms with Crippen LogP contribution >= 0.6 is 0 Å². The SMILES string of the molecule is CC(Oc1ccccc1F)C(=O)Oc1ccc2c(c1)OC(N)=C(C#N)C2c1cccc(Oc2ccccc2)c1. The number of nitrogens with zero attached hydrogens (tertiary/aromatic N) is 1. The molecule has 4 aromatic carbocycles. The van der Waals surface area contributed by atoms with Crippen molar-refractivity contribution in [2.24, 2.45) is 5.73 Å². The minimum Gasteiger partial charge on any atom is -0.476 e. The van der Waals surface area contributed by atoms with Crippen LogP contribution in [-0.2, 0) is 4.79 Å². The monoisotopic (exact) mass is 522 g/mol. The fourth-order valence-corrected chi connectivity index (χ4v) is 4.20. The highest BCUT2D eigenvalue weighted by Gasteiger charge is 2.31. The largest absolute Gasteiger partial charge is 0.476 e. The second-order valence-electron chi connectivity index (χ2n) is 8.72. The maximum Gasteiger partial charge on any atom is 0.352 e. The van der Waals surface area contributed by atoms with Gasteiger partial charge < -0.3 is 24.7 Å². The highest BCUT2D eigenvalue weighted by Crippen LogP contribution is 2.44. The highest BCUT2D eigenvalue weighted by molar-refractivity contribution is 5.77. The molecule has 0 saturated heterocycles. The normalized spacial score (nSPS) is 14.8. The van der Waals surface area contributed by atoms with Gasteiger partial charge in [-0.3, -0.25) is 0 Å². The Morgan fingerprint density at radius 1 is 0.949 bits per heavy atom. The quantitative estimate of drug-likeness (QED) is 0.227. The fourth-order valence-electron chi connectivity index (χ4n) is 4.20. The van der Waals surface area contributed by atoms with E-state index in [0.29, 0.717) is 22.8 Å². The number of rotatable bonds is 7. The second kappa shape index (κ2) is 11.0. The predicted octanol–water partition coefficient (Wildman–Crippen LogP) is 6.21. The van der Waals surface area contributed by atoms with Crippen LogP contribution in [0.3, 0.4) is 0 Å². The number of halogens is 1. The number of nitriles is 1. The van der Waals surface area contributed by atoms with Gasteiger partial charge in [-0.25, -0.2) is 9.18 Å². The van der Waals surface area contributed by atoms with Crippen molar-refractivity contribution in [3.8, 4) is 34.8 Å². The Bertz CT molecular complexity index is 1600. The summed E-state index contributed by atoms with van der Waals surface area (Å²) in [6.45, 7) is 1.46. The lowest BCUT2D eigenvalue weighted by molar-refractivity contribution is -0.141. The van der Waals surface area contributed by atoms with Crippen LogP contribution in [0.25, 0.3) is 0 Å². The Morgan fingerprint density at radius 2 is 1.69 bits per heavy atom. The van der Waals surface area contributed by atoms with E-state index in [4.69, 9.17) is 24.7 Å². The Morgan fingerprint density at radius 3 is 2.46 bits per heavy atom. The molecule has 1 aliphatic rings. The van der Waals surface area contributed by atoms with Crippen LogP contribution in [0.1, 0.15) is 24.0 Å². The molecule has 0 aromatic heterocycles. The molecule has 0 fully saturated rings. The zero-order valence-electron chi connectivity index (χ0n) is 20.8. The van der Waals surface area contributed by atoms with Crippen molar-refractivity contribution < 1.29 is 28.1 Å². The lowest BCUT2D eigenvalue weighted by atomic mass is 9.83. The summed E-state index contributed by atoms with van der Waals surface area (Å²) >= 11 is 0. The molecule has 0 amide bonds. The van der Waals surface area contributed by atoms with Crippen LogP contribution in [0.15, 0.2) is 109 Å². The smallest absolute Gasteiger partial charge is 0.352 e. The number of benzene rings is 4. The molecular weight excluding hydrogens is 499 g/mol. The van der Waals surface area contributed by atoms with E-state index in [0.717, 1.165) is 5.56 Å². The van der Waals surface area contributed by atoms with Gasteiger partial charge in [0.05, 0.1) is 5.92 Å². The van der Waals surface area contributed by atoms with Gasteiger partial charge in [0.15, 0.2) is 17.7 Å². The van der Waals surface area contributed by atoms with Gasteiger partial charge in [-0.05, 0) is 55.0 Å². The van der Waals surface area contributed by atoms with Crippen LogP contribution in [0.2, 0.25) is 0 Å². The summed E-state index contributed by atoms with van der Waals surface area (Å²) in [4.78, 5) is 12.6. The maximum atomic E-state index is 13.9. The Kier molecular flexibility index (Phi) is 7.15. The van der Waals surface area contributed by atoms with Crippen LogP contribution in [-0.4, -0.2) is 12.1 Å². The summed E-state index contributed by atoms with van der Waals surface area (Å²) in [6.07, 6.45) is -1.07. The lowest BCUT2D eigenvalue weighted by Crippen LogP contribution is -2.29. The Labute approximate surface area is 224 Å². The van der Waals surface area contributed by atoms with Crippen LogP contribution < -0.4 is 24.7 Å². The van der Waals surface area contributed by atoms with E-state index in [2.05, 4.69) is 6.07 Å². The average molecular weight is 523 g/mol. The molecule has 2 N–H and O–H groups in total. The average Bonchev–Trinajstić information content (AvgIpc) is 2.94. The third kappa shape index (κ3) is 5.53. The summed E-state index contributed by atoms with van der Waals surface area (Å²) in [7, 11) is 0. The van der Waals surface area contributed by atoms with E-state index < -0.39 is 23.8 Å². The molecule has 1 aliphatic heterocycles. The van der Waals surface area contributed by atoms with E-state index >= 15 is 0 Å². The van der Waals surface area contributed by atoms with E-state index in [1.807, 2.05) is 54.6 Å². The van der Waals surface area contributed by atoms with Gasteiger partial charge in [-0.1, -0.05) is 48.5 Å². The van der Waals surface area contributed by atoms with Gasteiger partial charge in [-0.2, -0.15) is 5.26 Å². The van der Waals surface area contributed by atoms with Crippen molar-refractivity contribution in [3.05, 3.63) is 125 Å². The summed E-state index contributed by atoms with van der Waals surface area (Å²) in [5, 5.41) is 9.89. The minimum absolute atomic E-state index is 0.0517. The van der Waals surface area contributed by atoms with Gasteiger partial charge in [-0.15, -0.1) is 0 Å². The molecule has 0 bridgehead atoms. The van der Waals surface area contributed by atoms with Gasteiger partial charge in [0.2, 0.25) is 5.88 Å². The molecule has 1 heterocycles. The first-order chi connectivity index (χ1) is 18.9. The molecule has 194 valence electrons. The molecule has 0 aliphatic carbocycles. The molecule has 2 unspecified atom stereocenters. The van der Waals surface area contributed by atoms with Crippen molar-refractivity contribution in [2.45, 2.75) is 18.9 Å². The molecule has 2 atom stereocenters. The van der Waals surface area contributed by atoms with E-state index in [1.54, 1.807) is 18.2 Å². The van der Waals surface area contributed by atoms with Gasteiger partial charge in [0, 0.05) is 11.6 Å². The summed E-state index contributed by atoms with van der Waals surface area (Å²) in [6, 6.07) is 29.5. The van der Waals surface area contributed by atoms with E-state index in [9.17, 15) is 14.4 Å². The molecule has 39 heavy (non-hydrogen) atoms. The molecule has 4 aromatic rings. The second-order valence-corrected chi connectivity index (χ2v) is 8.72. The number of ether oxygens (including phenoxy) is 4. The Hall–Kier alpha value is -5.29. The molecule has 8 heteroatoms. The van der Waals surface area contributed by atoms with Gasteiger partial charge in [0.1, 0.15) is 34.6 Å². The Balaban J connectivity index is 1.39. The number of carbonyl (C=O) groups is 1. The first-order valence-electron chi connectivity index (χ1n) is 12.1. The third-order valence-corrected chi connectivity index (χ3v) is 6.05. The molecule has 0 saturated carbocycles. The highest BCUT2D eigenvalue weighted by atomic mass is 19.1. The topological polar surface area (TPSA) is 104 Å². The number of hydrogen-bond acceptors (Lipinski definition) is 7. The first kappa shape index (κ1) is 25.4. The summed E-state index contributed by atoms with van der Waals surface area (Å²) in [5.41, 5.74) is 7.81. The number of allylic oxidation sites excluding steroid dienone is 1. The third-order valence-electron chi connectivity index (χ3n) is 6.05. The van der Waals surface area contributed by atoms with Gasteiger partial charge >= 0.3 is 5.97 Å². The van der Waals surface area contributed by atoms with Crippen molar-refractivity contribution in [1.82, 2.24) is 0 Å². The van der Waals surface area contributed by atoms with Crippen molar-refractivity contribution in [3.63, 3.8) is 0 Å². The molecule has 0 radical (unpaired) electrons. The number of nitrogens with two attached hydrogens (primary N) is 1. The fraction of sp³-hybridized carbons (Fsp3) is 0.0968. The summed E-state index contributed by atoms with van der Waals surface area (Å²) < 4.78 is 36.5. The number of hydrogen-bond donors (Lipinski definition) is 1. The number of para-hydroxylation sites is 2. The van der Waals surface area contributed by atoms with E-state index in [-0.39, 0.29) is 23.0 Å². The molecule has 0 spiro atoms. The van der Waals surface area contributed by atoms with Crippen LogP contribution in [0.5, 0.6) is 28.7 Å². The van der Waals surface area contributed by atoms with Crippen LogP contribution in [0, 0.1) is 17.1 Å². The number of esters is 1. The molecular formula is C31H23FN2O5. The predicted molar refractivity (Wildman–Crippen MR) is 141 cm³/mol. The molecule has 5 rings (SSSR count). The number of carbonyl (C=O) groups excluding carboxylic acids is 1. The van der Waals surface area contributed by atoms with E-state index in [1.165, 1.54) is 31.2 Å². The summed E-state index contributed by atoms with van der Waals surface area (Å²) in [5.74, 6) is -0.171. The van der Waals surface area contributed by atoms with Crippen molar-refractivity contribution in [2.75, 3.05) is 0 Å². The van der Waals surface area contributed by atoms with Crippen molar-refractivity contribution >= 4 is 5.97 Å². The zero-order valence-corrected chi connectivity index (χ0v) is 20.8. The zero-order chi connectivity index (χ0) is 27.4. The van der Waals surface area contributed by atoms with Crippen LogP contribution in [0.4, 0.5) is 4.39 Å².